The first-order chi connectivity index (χ1) is 10.1. The SMILES string of the molecule is CC1=CC(c2ccccc2C(F)(F)F)C([N+](=O)[O-])=C(C)N1C. The largest absolute Gasteiger partial charge is 0.416 e. The van der Waals surface area contributed by atoms with E-state index in [9.17, 15) is 23.3 Å². The first-order valence-corrected chi connectivity index (χ1v) is 6.58. The molecule has 0 spiro atoms. The van der Waals surface area contributed by atoms with Crippen LogP contribution >= 0.6 is 0 Å². The fourth-order valence-electron chi connectivity index (χ4n) is 2.60. The summed E-state index contributed by atoms with van der Waals surface area (Å²) in [5, 5.41) is 11.4. The van der Waals surface area contributed by atoms with Crippen LogP contribution in [0.15, 0.2) is 47.4 Å². The number of hydrogen-bond donors (Lipinski definition) is 0. The molecular weight excluding hydrogens is 297 g/mol. The molecule has 1 atom stereocenters. The molecule has 1 aliphatic heterocycles. The highest BCUT2D eigenvalue weighted by Gasteiger charge is 2.40. The molecule has 0 radical (unpaired) electrons. The Hall–Kier alpha value is -2.31. The Kier molecular flexibility index (Phi) is 4.00. The second-order valence-corrected chi connectivity index (χ2v) is 5.16. The number of rotatable bonds is 2. The van der Waals surface area contributed by atoms with E-state index in [2.05, 4.69) is 0 Å². The van der Waals surface area contributed by atoms with E-state index in [1.807, 2.05) is 0 Å². The van der Waals surface area contributed by atoms with Crippen LogP contribution in [0.1, 0.15) is 30.9 Å². The van der Waals surface area contributed by atoms with Crippen molar-refractivity contribution in [1.82, 2.24) is 4.90 Å². The molecule has 118 valence electrons. The first-order valence-electron chi connectivity index (χ1n) is 6.58. The molecule has 0 aliphatic carbocycles. The van der Waals surface area contributed by atoms with Gasteiger partial charge in [-0.3, -0.25) is 10.1 Å². The summed E-state index contributed by atoms with van der Waals surface area (Å²) in [5.74, 6) is -1.02. The summed E-state index contributed by atoms with van der Waals surface area (Å²) in [6.07, 6.45) is -3.06. The van der Waals surface area contributed by atoms with Crippen LogP contribution in [0.2, 0.25) is 0 Å². The quantitative estimate of drug-likeness (QED) is 0.609. The molecule has 0 aromatic heterocycles. The molecule has 0 bridgehead atoms. The fourth-order valence-corrected chi connectivity index (χ4v) is 2.60. The van der Waals surface area contributed by atoms with Crippen molar-refractivity contribution in [2.75, 3.05) is 7.05 Å². The Morgan fingerprint density at radius 3 is 2.36 bits per heavy atom. The Bertz CT molecular complexity index is 678. The van der Waals surface area contributed by atoms with E-state index in [0.717, 1.165) is 6.07 Å². The second kappa shape index (κ2) is 5.47. The van der Waals surface area contributed by atoms with Gasteiger partial charge < -0.3 is 4.90 Å². The number of allylic oxidation sites excluding steroid dienone is 3. The number of benzene rings is 1. The van der Waals surface area contributed by atoms with Crippen molar-refractivity contribution in [2.45, 2.75) is 25.9 Å². The third kappa shape index (κ3) is 2.70. The van der Waals surface area contributed by atoms with E-state index in [1.165, 1.54) is 31.2 Å². The second-order valence-electron chi connectivity index (χ2n) is 5.16. The fraction of sp³-hybridized carbons (Fsp3) is 0.333. The van der Waals surface area contributed by atoms with Gasteiger partial charge in [-0.2, -0.15) is 13.2 Å². The van der Waals surface area contributed by atoms with Crippen molar-refractivity contribution in [3.05, 3.63) is 68.7 Å². The predicted octanol–water partition coefficient (Wildman–Crippen LogP) is 4.15. The van der Waals surface area contributed by atoms with Gasteiger partial charge in [0.2, 0.25) is 0 Å². The molecule has 4 nitrogen and oxygen atoms in total. The number of nitrogens with zero attached hydrogens (tertiary/aromatic N) is 2. The Balaban J connectivity index is 2.68. The van der Waals surface area contributed by atoms with Crippen LogP contribution in [-0.4, -0.2) is 16.9 Å². The minimum Gasteiger partial charge on any atom is -0.347 e. The maximum absolute atomic E-state index is 13.2. The summed E-state index contributed by atoms with van der Waals surface area (Å²) in [6, 6.07) is 4.97. The first kappa shape index (κ1) is 16.1. The molecule has 0 N–H and O–H groups in total. The molecule has 0 fully saturated rings. The van der Waals surface area contributed by atoms with Gasteiger partial charge >= 0.3 is 6.18 Å². The molecule has 0 saturated heterocycles. The van der Waals surface area contributed by atoms with Crippen LogP contribution in [0.3, 0.4) is 0 Å². The average molecular weight is 312 g/mol. The smallest absolute Gasteiger partial charge is 0.347 e. The topological polar surface area (TPSA) is 46.4 Å². The molecule has 0 saturated carbocycles. The third-order valence-corrected chi connectivity index (χ3v) is 3.90. The molecule has 1 aliphatic rings. The minimum absolute atomic E-state index is 0.103. The van der Waals surface area contributed by atoms with Crippen molar-refractivity contribution < 1.29 is 18.1 Å². The maximum Gasteiger partial charge on any atom is 0.416 e. The van der Waals surface area contributed by atoms with Crippen LogP contribution in [0.4, 0.5) is 13.2 Å². The normalized spacial score (nSPS) is 19.3. The number of hydrogen-bond acceptors (Lipinski definition) is 3. The van der Waals surface area contributed by atoms with E-state index < -0.39 is 22.6 Å². The molecule has 0 amide bonds. The lowest BCUT2D eigenvalue weighted by Gasteiger charge is -2.29. The van der Waals surface area contributed by atoms with E-state index in [-0.39, 0.29) is 11.3 Å². The van der Waals surface area contributed by atoms with Crippen LogP contribution in [0, 0.1) is 10.1 Å². The van der Waals surface area contributed by atoms with E-state index in [0.29, 0.717) is 11.4 Å². The zero-order valence-corrected chi connectivity index (χ0v) is 12.3. The lowest BCUT2D eigenvalue weighted by Crippen LogP contribution is -2.27. The van der Waals surface area contributed by atoms with Gasteiger partial charge in [0.15, 0.2) is 0 Å². The molecule has 1 heterocycles. The molecule has 2 rings (SSSR count). The van der Waals surface area contributed by atoms with Crippen LogP contribution in [-0.2, 0) is 6.18 Å². The standard InChI is InChI=1S/C15H15F3N2O2/c1-9-8-12(14(20(21)22)10(2)19(9)3)11-6-4-5-7-13(11)15(16,17)18/h4-8,12H,1-3H3. The summed E-state index contributed by atoms with van der Waals surface area (Å²) in [5.41, 5.74) is -0.170. The van der Waals surface area contributed by atoms with Crippen molar-refractivity contribution in [1.29, 1.82) is 0 Å². The Labute approximate surface area is 125 Å². The van der Waals surface area contributed by atoms with Gasteiger partial charge in [0.25, 0.3) is 5.70 Å². The molecule has 7 heteroatoms. The van der Waals surface area contributed by atoms with E-state index in [4.69, 9.17) is 0 Å². The Morgan fingerprint density at radius 2 is 1.82 bits per heavy atom. The summed E-state index contributed by atoms with van der Waals surface area (Å²) in [6.45, 7) is 3.25. The minimum atomic E-state index is -4.56. The molecule has 22 heavy (non-hydrogen) atoms. The zero-order chi connectivity index (χ0) is 16.7. The monoisotopic (exact) mass is 312 g/mol. The van der Waals surface area contributed by atoms with Crippen LogP contribution in [0.5, 0.6) is 0 Å². The van der Waals surface area contributed by atoms with Gasteiger partial charge in [-0.15, -0.1) is 0 Å². The van der Waals surface area contributed by atoms with Gasteiger partial charge in [-0.1, -0.05) is 18.2 Å². The lowest BCUT2D eigenvalue weighted by molar-refractivity contribution is -0.431. The summed E-state index contributed by atoms with van der Waals surface area (Å²) >= 11 is 0. The highest BCUT2D eigenvalue weighted by atomic mass is 19.4. The highest BCUT2D eigenvalue weighted by Crippen LogP contribution is 2.41. The summed E-state index contributed by atoms with van der Waals surface area (Å²) < 4.78 is 39.6. The third-order valence-electron chi connectivity index (χ3n) is 3.90. The molecule has 1 aromatic rings. The number of alkyl halides is 3. The zero-order valence-electron chi connectivity index (χ0n) is 12.3. The molecule has 1 unspecified atom stereocenters. The van der Waals surface area contributed by atoms with Gasteiger partial charge in [0.05, 0.1) is 22.1 Å². The predicted molar refractivity (Wildman–Crippen MR) is 75.4 cm³/mol. The van der Waals surface area contributed by atoms with Crippen molar-refractivity contribution >= 4 is 0 Å². The number of halogens is 3. The van der Waals surface area contributed by atoms with Crippen molar-refractivity contribution in [3.8, 4) is 0 Å². The van der Waals surface area contributed by atoms with Crippen molar-refractivity contribution in [2.24, 2.45) is 0 Å². The van der Waals surface area contributed by atoms with Gasteiger partial charge in [-0.25, -0.2) is 0 Å². The summed E-state index contributed by atoms with van der Waals surface area (Å²) in [4.78, 5) is 12.4. The maximum atomic E-state index is 13.2. The highest BCUT2D eigenvalue weighted by molar-refractivity contribution is 5.43. The Morgan fingerprint density at radius 1 is 1.23 bits per heavy atom. The van der Waals surface area contributed by atoms with Crippen LogP contribution in [0.25, 0.3) is 0 Å². The number of nitro groups is 1. The van der Waals surface area contributed by atoms with Gasteiger partial charge in [0.1, 0.15) is 0 Å². The molecular formula is C15H15F3N2O2. The van der Waals surface area contributed by atoms with E-state index >= 15 is 0 Å². The van der Waals surface area contributed by atoms with E-state index in [1.54, 1.807) is 18.9 Å². The molecule has 1 aromatic carbocycles. The van der Waals surface area contributed by atoms with Gasteiger partial charge in [-0.05, 0) is 31.6 Å². The lowest BCUT2D eigenvalue weighted by atomic mass is 9.87. The average Bonchev–Trinajstić information content (AvgIpc) is 2.43. The van der Waals surface area contributed by atoms with Crippen molar-refractivity contribution in [3.63, 3.8) is 0 Å². The van der Waals surface area contributed by atoms with Gasteiger partial charge in [0, 0.05) is 12.7 Å². The van der Waals surface area contributed by atoms with Crippen LogP contribution < -0.4 is 0 Å². The summed E-state index contributed by atoms with van der Waals surface area (Å²) in [7, 11) is 1.65.